The summed E-state index contributed by atoms with van der Waals surface area (Å²) in [5.41, 5.74) is 2.38. The maximum Gasteiger partial charge on any atom is 2.00 e. The first kappa shape index (κ1) is 34.7. The fourth-order valence-electron chi connectivity index (χ4n) is 4.29. The van der Waals surface area contributed by atoms with Gasteiger partial charge in [0.15, 0.2) is 0 Å². The molecule has 6 rings (SSSR count). The summed E-state index contributed by atoms with van der Waals surface area (Å²) in [6, 6.07) is 20.8. The summed E-state index contributed by atoms with van der Waals surface area (Å²) in [6.45, 7) is 0. The van der Waals surface area contributed by atoms with Gasteiger partial charge in [-0.15, -0.1) is 0 Å². The molecule has 0 aliphatic heterocycles. The molecular formula is C35H30Fe2OS+4. The van der Waals surface area contributed by atoms with Gasteiger partial charge in [0.2, 0.25) is 0 Å². The summed E-state index contributed by atoms with van der Waals surface area (Å²) in [6.07, 6.45) is 33.9. The average molecular weight is 610 g/mol. The van der Waals surface area contributed by atoms with Gasteiger partial charge in [0, 0.05) is 17.1 Å². The Labute approximate surface area is 264 Å². The van der Waals surface area contributed by atoms with Crippen LogP contribution >= 0.6 is 11.8 Å². The zero-order chi connectivity index (χ0) is 25.7. The minimum absolute atomic E-state index is 0. The van der Waals surface area contributed by atoms with Gasteiger partial charge in [-0.3, -0.25) is 4.79 Å². The standard InChI is InChI=1S/C25H20OS.2C5H5.2Fe/c1-27-23-17-9-16-22(23)25(26)21-15-8-14-20(21)24(18-10-4-2-5-11-18)19-12-6-3-7-13-19;2*1-2-4-5-3-1;;/h2-17,24H,1H3;2*1-5H;;/q;;;2*+2. The second kappa shape index (κ2) is 19.6. The van der Waals surface area contributed by atoms with Gasteiger partial charge in [-0.05, 0) is 120 Å². The Morgan fingerprint density at radius 3 is 1.38 bits per heavy atom. The normalized spacial score (nSPS) is 19.9. The third kappa shape index (κ3) is 10.4. The topological polar surface area (TPSA) is 17.1 Å². The summed E-state index contributed by atoms with van der Waals surface area (Å²) in [7, 11) is 0. The Morgan fingerprint density at radius 1 is 0.538 bits per heavy atom. The molecule has 194 valence electrons. The van der Waals surface area contributed by atoms with Gasteiger partial charge in [-0.1, -0.05) is 60.7 Å². The zero-order valence-electron chi connectivity index (χ0n) is 21.6. The van der Waals surface area contributed by atoms with Crippen LogP contribution in [0, 0.1) is 126 Å². The van der Waals surface area contributed by atoms with E-state index in [1.165, 1.54) is 11.1 Å². The van der Waals surface area contributed by atoms with E-state index in [-0.39, 0.29) is 45.8 Å². The molecule has 0 heterocycles. The minimum atomic E-state index is 0. The van der Waals surface area contributed by atoms with E-state index < -0.39 is 0 Å². The molecule has 0 amide bonds. The summed E-state index contributed by atoms with van der Waals surface area (Å²) in [4.78, 5) is 13.3. The van der Waals surface area contributed by atoms with Crippen LogP contribution in [0.5, 0.6) is 0 Å². The molecule has 4 saturated carbocycles. The van der Waals surface area contributed by atoms with E-state index in [0.29, 0.717) is 0 Å². The van der Waals surface area contributed by atoms with Gasteiger partial charge in [0.1, 0.15) is 5.78 Å². The van der Waals surface area contributed by atoms with Crippen molar-refractivity contribution in [1.82, 2.24) is 0 Å². The molecule has 4 fully saturated rings. The molecule has 0 N–H and O–H groups in total. The summed E-state index contributed by atoms with van der Waals surface area (Å²) in [5, 5.41) is 1.03. The molecule has 2 aromatic carbocycles. The van der Waals surface area contributed by atoms with Gasteiger partial charge in [0.25, 0.3) is 0 Å². The predicted octanol–water partition coefficient (Wildman–Crippen LogP) is 7.30. The molecule has 0 spiro atoms. The van der Waals surface area contributed by atoms with Crippen LogP contribution in [-0.4, -0.2) is 12.0 Å². The molecule has 4 aliphatic carbocycles. The second-order valence-electron chi connectivity index (χ2n) is 8.41. The van der Waals surface area contributed by atoms with E-state index in [9.17, 15) is 4.79 Å². The maximum absolute atomic E-state index is 13.3. The Morgan fingerprint density at radius 2 is 0.949 bits per heavy atom. The van der Waals surface area contributed by atoms with E-state index in [1.54, 1.807) is 11.8 Å². The average Bonchev–Trinajstić information content (AvgIpc) is 3.79. The van der Waals surface area contributed by atoms with Crippen LogP contribution in [0.1, 0.15) is 17.0 Å². The number of benzene rings is 2. The number of hydrogen-bond donors (Lipinski definition) is 0. The van der Waals surface area contributed by atoms with Crippen LogP contribution in [-0.2, 0) is 38.9 Å². The van der Waals surface area contributed by atoms with Crippen molar-refractivity contribution in [3.8, 4) is 0 Å². The number of ketones is 1. The first-order chi connectivity index (χ1) is 18.3. The Hall–Kier alpha value is -0.501. The van der Waals surface area contributed by atoms with Gasteiger partial charge in [-0.25, -0.2) is 0 Å². The Kier molecular flexibility index (Phi) is 17.4. The summed E-state index contributed by atoms with van der Waals surface area (Å²) < 4.78 is 0. The van der Waals surface area contributed by atoms with Crippen LogP contribution in [0.2, 0.25) is 0 Å². The fourth-order valence-corrected chi connectivity index (χ4v) is 4.89. The molecule has 4 aliphatic rings. The van der Waals surface area contributed by atoms with Crippen molar-refractivity contribution in [2.75, 3.05) is 6.26 Å². The monoisotopic (exact) mass is 610 g/mol. The predicted molar refractivity (Wildman–Crippen MR) is 155 cm³/mol. The second-order valence-corrected chi connectivity index (χ2v) is 9.26. The first-order valence-corrected chi connectivity index (χ1v) is 13.6. The van der Waals surface area contributed by atoms with E-state index >= 15 is 0 Å². The zero-order valence-corrected chi connectivity index (χ0v) is 24.6. The molecule has 20 radical (unpaired) electrons. The molecule has 0 bridgehead atoms. The van der Waals surface area contributed by atoms with E-state index in [1.807, 2.05) is 115 Å². The van der Waals surface area contributed by atoms with E-state index in [0.717, 1.165) is 23.0 Å². The molecule has 0 saturated heterocycles. The van der Waals surface area contributed by atoms with Crippen LogP contribution in [0.25, 0.3) is 0 Å². The van der Waals surface area contributed by atoms with Crippen molar-refractivity contribution in [2.45, 2.75) is 5.92 Å². The van der Waals surface area contributed by atoms with Gasteiger partial charge in [0.05, 0.1) is 11.8 Å². The quantitative estimate of drug-likeness (QED) is 0.320. The Balaban J connectivity index is 0.000000373. The summed E-state index contributed by atoms with van der Waals surface area (Å²) >= 11 is 1.61. The molecule has 4 heteroatoms. The maximum atomic E-state index is 13.3. The molecule has 1 nitrogen and oxygen atoms in total. The van der Waals surface area contributed by atoms with Crippen molar-refractivity contribution in [3.05, 3.63) is 198 Å². The van der Waals surface area contributed by atoms with Crippen molar-refractivity contribution in [2.24, 2.45) is 0 Å². The van der Waals surface area contributed by atoms with Gasteiger partial charge in [-0.2, -0.15) is 11.8 Å². The fraction of sp³-hybridized carbons (Fsp3) is 0.0571. The number of carbonyl (C=O) groups excluding carboxylic acids is 1. The number of hydrogen-bond acceptors (Lipinski definition) is 2. The number of Topliss-reactive ketones (excluding diaryl/α,β-unsaturated/α-hetero) is 1. The molecule has 39 heavy (non-hydrogen) atoms. The molecule has 2 aromatic rings. The number of carbonyl (C=O) groups is 1. The summed E-state index contributed by atoms with van der Waals surface area (Å²) in [5.74, 6) is 2.77. The van der Waals surface area contributed by atoms with Crippen LogP contribution < -0.4 is 0 Å². The third-order valence-corrected chi connectivity index (χ3v) is 6.82. The van der Waals surface area contributed by atoms with Crippen molar-refractivity contribution in [1.29, 1.82) is 0 Å². The van der Waals surface area contributed by atoms with Crippen molar-refractivity contribution in [3.63, 3.8) is 0 Å². The SMILES string of the molecule is CS[C]1[CH][CH][CH][C]1C(=O)[C]1[CH][CH][CH][C]1C(c1ccccc1)c1ccccc1.[CH]1[CH][CH][CH][CH]1.[CH]1[CH][CH][CH][CH]1.[Fe+2].[Fe+2]. The van der Waals surface area contributed by atoms with E-state index in [2.05, 4.69) is 55.0 Å². The molecule has 0 aromatic heterocycles. The van der Waals surface area contributed by atoms with Crippen LogP contribution in [0.3, 0.4) is 0 Å². The van der Waals surface area contributed by atoms with Crippen LogP contribution in [0.15, 0.2) is 60.7 Å². The molecular weight excluding hydrogens is 580 g/mol. The molecule has 0 atom stereocenters. The largest absolute Gasteiger partial charge is 2.00 e. The van der Waals surface area contributed by atoms with Crippen molar-refractivity contribution < 1.29 is 38.9 Å². The van der Waals surface area contributed by atoms with Crippen LogP contribution in [0.4, 0.5) is 0 Å². The number of rotatable bonds is 6. The first-order valence-electron chi connectivity index (χ1n) is 12.3. The third-order valence-electron chi connectivity index (χ3n) is 6.02. The Bertz CT molecular complexity index is 833. The number of thioether (sulfide) groups is 1. The van der Waals surface area contributed by atoms with E-state index in [4.69, 9.17) is 0 Å². The van der Waals surface area contributed by atoms with Crippen molar-refractivity contribution >= 4 is 17.5 Å². The van der Waals surface area contributed by atoms with Gasteiger partial charge < -0.3 is 0 Å². The molecule has 0 unspecified atom stereocenters. The smallest absolute Gasteiger partial charge is 0.298 e. The minimum Gasteiger partial charge on any atom is -0.298 e. The van der Waals surface area contributed by atoms with Gasteiger partial charge >= 0.3 is 34.1 Å².